The largest absolute Gasteiger partial charge is 0.493 e. The van der Waals surface area contributed by atoms with E-state index < -0.39 is 35.8 Å². The van der Waals surface area contributed by atoms with Crippen molar-refractivity contribution >= 4 is 29.2 Å². The second kappa shape index (κ2) is 10.5. The minimum Gasteiger partial charge on any atom is -0.493 e. The normalized spacial score (nSPS) is 19.8. The molecule has 3 atom stereocenters. The maximum absolute atomic E-state index is 13.9. The van der Waals surface area contributed by atoms with Crippen LogP contribution < -0.4 is 19.4 Å². The summed E-state index contributed by atoms with van der Waals surface area (Å²) in [7, 11) is 1.43. The molecule has 9 heteroatoms. The third-order valence-corrected chi connectivity index (χ3v) is 7.20. The fourth-order valence-corrected chi connectivity index (χ4v) is 5.27. The van der Waals surface area contributed by atoms with Gasteiger partial charge in [-0.3, -0.25) is 14.4 Å². The topological polar surface area (TPSA) is 85.4 Å². The third-order valence-electron chi connectivity index (χ3n) is 7.20. The lowest BCUT2D eigenvalue weighted by Crippen LogP contribution is -2.37. The zero-order valence-corrected chi connectivity index (χ0v) is 22.2. The zero-order chi connectivity index (χ0) is 28.7. The number of para-hydroxylation sites is 1. The first-order valence-corrected chi connectivity index (χ1v) is 13.0. The first-order chi connectivity index (χ1) is 19.9. The van der Waals surface area contributed by atoms with Crippen LogP contribution in [-0.4, -0.2) is 31.0 Å². The van der Waals surface area contributed by atoms with Gasteiger partial charge in [-0.25, -0.2) is 19.1 Å². The average Bonchev–Trinajstić information content (AvgIpc) is 3.49. The number of rotatable bonds is 6. The van der Waals surface area contributed by atoms with Crippen LogP contribution in [0.1, 0.15) is 27.5 Å². The molecule has 0 radical (unpaired) electrons. The molecule has 4 aromatic carbocycles. The van der Waals surface area contributed by atoms with Crippen LogP contribution in [0.5, 0.6) is 11.5 Å². The number of nitrogens with zero attached hydrogens (tertiary/aromatic N) is 2. The standard InChI is InChI=1S/C32H25FN2O6/c1-19-7-6-10-24(17-19)34-30(36)27-28(35(41-29(27)31(34)37)23-8-4-3-5-9-23)21-13-16-25(26(18-21)39-2)40-32(38)20-11-14-22(33)15-12-20/h3-18,27-29H,1-2H3/t27-,28-,29-/m0/s1. The van der Waals surface area contributed by atoms with Crippen LogP contribution in [0, 0.1) is 18.7 Å². The van der Waals surface area contributed by atoms with Gasteiger partial charge in [-0.2, -0.15) is 0 Å². The van der Waals surface area contributed by atoms with E-state index >= 15 is 0 Å². The molecule has 206 valence electrons. The highest BCUT2D eigenvalue weighted by Gasteiger charge is 2.60. The van der Waals surface area contributed by atoms with Gasteiger partial charge < -0.3 is 9.47 Å². The summed E-state index contributed by atoms with van der Waals surface area (Å²) in [6.45, 7) is 1.89. The number of anilines is 2. The van der Waals surface area contributed by atoms with Crippen molar-refractivity contribution in [3.63, 3.8) is 0 Å². The van der Waals surface area contributed by atoms with E-state index in [9.17, 15) is 18.8 Å². The first-order valence-electron chi connectivity index (χ1n) is 13.0. The number of halogens is 1. The Morgan fingerprint density at radius 1 is 0.829 bits per heavy atom. The third kappa shape index (κ3) is 4.70. The van der Waals surface area contributed by atoms with E-state index in [-0.39, 0.29) is 23.0 Å². The second-order valence-corrected chi connectivity index (χ2v) is 9.82. The Morgan fingerprint density at radius 3 is 2.27 bits per heavy atom. The summed E-state index contributed by atoms with van der Waals surface area (Å²) >= 11 is 0. The van der Waals surface area contributed by atoms with Crippen LogP contribution in [0.15, 0.2) is 97.1 Å². The van der Waals surface area contributed by atoms with E-state index in [0.29, 0.717) is 16.9 Å². The van der Waals surface area contributed by atoms with Crippen molar-refractivity contribution in [1.82, 2.24) is 0 Å². The van der Waals surface area contributed by atoms with Crippen molar-refractivity contribution in [1.29, 1.82) is 0 Å². The number of methoxy groups -OCH3 is 1. The van der Waals surface area contributed by atoms with Crippen molar-refractivity contribution in [3.8, 4) is 11.5 Å². The molecule has 2 amide bonds. The molecule has 2 aliphatic heterocycles. The number of benzene rings is 4. The molecule has 4 aromatic rings. The molecule has 0 N–H and O–H groups in total. The molecule has 41 heavy (non-hydrogen) atoms. The number of carbonyl (C=O) groups excluding carboxylic acids is 3. The minimum absolute atomic E-state index is 0.141. The molecular formula is C32H25FN2O6. The highest BCUT2D eigenvalue weighted by molar-refractivity contribution is 6.24. The molecule has 0 spiro atoms. The Balaban J connectivity index is 1.37. The highest BCUT2D eigenvalue weighted by atomic mass is 19.1. The van der Waals surface area contributed by atoms with Crippen LogP contribution in [0.4, 0.5) is 15.8 Å². The smallest absolute Gasteiger partial charge is 0.343 e. The molecule has 2 heterocycles. The van der Waals surface area contributed by atoms with E-state index in [2.05, 4.69) is 0 Å². The number of fused-ring (bicyclic) bond motifs is 1. The highest BCUT2D eigenvalue weighted by Crippen LogP contribution is 2.48. The second-order valence-electron chi connectivity index (χ2n) is 9.82. The van der Waals surface area contributed by atoms with Gasteiger partial charge in [-0.1, -0.05) is 36.4 Å². The molecule has 6 rings (SSSR count). The zero-order valence-electron chi connectivity index (χ0n) is 22.2. The maximum Gasteiger partial charge on any atom is 0.343 e. The molecule has 2 fully saturated rings. The van der Waals surface area contributed by atoms with Crippen LogP contribution >= 0.6 is 0 Å². The van der Waals surface area contributed by atoms with Gasteiger partial charge in [-0.05, 0) is 78.7 Å². The number of imide groups is 1. The van der Waals surface area contributed by atoms with Gasteiger partial charge in [0.1, 0.15) is 11.7 Å². The maximum atomic E-state index is 13.9. The predicted molar refractivity (Wildman–Crippen MR) is 148 cm³/mol. The lowest BCUT2D eigenvalue weighted by atomic mass is 9.90. The predicted octanol–water partition coefficient (Wildman–Crippen LogP) is 5.41. The molecule has 8 nitrogen and oxygen atoms in total. The van der Waals surface area contributed by atoms with Gasteiger partial charge in [-0.15, -0.1) is 0 Å². The van der Waals surface area contributed by atoms with E-state index in [1.165, 1.54) is 36.3 Å². The Morgan fingerprint density at radius 2 is 1.56 bits per heavy atom. The van der Waals surface area contributed by atoms with Crippen molar-refractivity contribution in [2.75, 3.05) is 17.1 Å². The first kappa shape index (κ1) is 26.2. The fraction of sp³-hybridized carbons (Fsp3) is 0.156. The van der Waals surface area contributed by atoms with Crippen LogP contribution in [0.2, 0.25) is 0 Å². The minimum atomic E-state index is -1.03. The summed E-state index contributed by atoms with van der Waals surface area (Å²) in [5.74, 6) is -2.43. The number of amides is 2. The number of esters is 1. The quantitative estimate of drug-likeness (QED) is 0.180. The summed E-state index contributed by atoms with van der Waals surface area (Å²) < 4.78 is 24.4. The fourth-order valence-electron chi connectivity index (χ4n) is 5.27. The number of ether oxygens (including phenoxy) is 2. The molecule has 0 unspecified atom stereocenters. The molecule has 0 aliphatic carbocycles. The summed E-state index contributed by atoms with van der Waals surface area (Å²) in [5.41, 5.74) is 2.86. The SMILES string of the molecule is COc1cc([C@H]2[C@@H]3C(=O)N(c4cccc(C)c4)C(=O)[C@H]3ON2c2ccccc2)ccc1OC(=O)c1ccc(F)cc1. The van der Waals surface area contributed by atoms with Gasteiger partial charge in [0.25, 0.3) is 5.91 Å². The number of hydroxylamine groups is 1. The van der Waals surface area contributed by atoms with Gasteiger partial charge in [0.15, 0.2) is 17.6 Å². The Hall–Kier alpha value is -5.02. The van der Waals surface area contributed by atoms with Crippen molar-refractivity contribution < 1.29 is 33.1 Å². The van der Waals surface area contributed by atoms with Crippen molar-refractivity contribution in [2.24, 2.45) is 5.92 Å². The van der Waals surface area contributed by atoms with Gasteiger partial charge in [0.2, 0.25) is 5.91 Å². The Bertz CT molecular complexity index is 1640. The van der Waals surface area contributed by atoms with Crippen LogP contribution in [0.25, 0.3) is 0 Å². The van der Waals surface area contributed by atoms with E-state index in [0.717, 1.165) is 5.56 Å². The summed E-state index contributed by atoms with van der Waals surface area (Å²) in [6.07, 6.45) is -1.03. The number of hydrogen-bond donors (Lipinski definition) is 0. The molecule has 0 bridgehead atoms. The average molecular weight is 553 g/mol. The van der Waals surface area contributed by atoms with Gasteiger partial charge in [0, 0.05) is 0 Å². The van der Waals surface area contributed by atoms with Crippen molar-refractivity contribution in [3.05, 3.63) is 120 Å². The van der Waals surface area contributed by atoms with Gasteiger partial charge >= 0.3 is 5.97 Å². The van der Waals surface area contributed by atoms with E-state index in [1.807, 2.05) is 43.3 Å². The summed E-state index contributed by atoms with van der Waals surface area (Å²) in [4.78, 5) is 47.5. The number of hydrogen-bond acceptors (Lipinski definition) is 7. The van der Waals surface area contributed by atoms with E-state index in [1.54, 1.807) is 41.5 Å². The summed E-state index contributed by atoms with van der Waals surface area (Å²) in [5, 5.41) is 1.58. The van der Waals surface area contributed by atoms with E-state index in [4.69, 9.17) is 14.3 Å². The summed E-state index contributed by atoms with van der Waals surface area (Å²) in [6, 6.07) is 25.6. The molecule has 2 aliphatic rings. The monoisotopic (exact) mass is 552 g/mol. The van der Waals surface area contributed by atoms with Gasteiger partial charge in [0.05, 0.1) is 30.1 Å². The molecule has 2 saturated heterocycles. The Labute approximate surface area is 235 Å². The molecular weight excluding hydrogens is 527 g/mol. The molecule has 0 aromatic heterocycles. The lowest BCUT2D eigenvalue weighted by Gasteiger charge is -2.29. The Kier molecular flexibility index (Phi) is 6.72. The number of carbonyl (C=O) groups is 3. The number of aryl methyl sites for hydroxylation is 1. The lowest BCUT2D eigenvalue weighted by molar-refractivity contribution is -0.126. The molecule has 0 saturated carbocycles. The van der Waals surface area contributed by atoms with Crippen LogP contribution in [0.3, 0.4) is 0 Å². The van der Waals surface area contributed by atoms with Crippen LogP contribution in [-0.2, 0) is 14.4 Å². The van der Waals surface area contributed by atoms with Crippen molar-refractivity contribution in [2.45, 2.75) is 19.1 Å².